The summed E-state index contributed by atoms with van der Waals surface area (Å²) in [6.07, 6.45) is 0.738. The lowest BCUT2D eigenvalue weighted by Crippen LogP contribution is -2.27. The Morgan fingerprint density at radius 3 is 2.58 bits per heavy atom. The number of hydrogen-bond donors (Lipinski definition) is 1. The summed E-state index contributed by atoms with van der Waals surface area (Å²) in [6.45, 7) is 0.996. The molecule has 0 radical (unpaired) electrons. The van der Waals surface area contributed by atoms with E-state index in [4.69, 9.17) is 4.55 Å². The summed E-state index contributed by atoms with van der Waals surface area (Å²) in [5.41, 5.74) is 1.13. The molecular formula is C13H17NO4S. The smallest absolute Gasteiger partial charge is 0.264 e. The molecule has 1 aromatic rings. The normalized spacial score (nSPS) is 19.9. The highest BCUT2D eigenvalue weighted by Crippen LogP contribution is 2.27. The molecule has 0 bridgehead atoms. The first-order chi connectivity index (χ1) is 8.96. The van der Waals surface area contributed by atoms with Crippen molar-refractivity contribution < 1.29 is 17.8 Å². The third kappa shape index (κ3) is 4.04. The van der Waals surface area contributed by atoms with Crippen LogP contribution in [0.3, 0.4) is 0 Å². The van der Waals surface area contributed by atoms with E-state index in [1.165, 1.54) is 0 Å². The fourth-order valence-electron chi connectivity index (χ4n) is 2.37. The van der Waals surface area contributed by atoms with Gasteiger partial charge in [0.2, 0.25) is 5.91 Å². The Kier molecular flexibility index (Phi) is 4.21. The molecule has 1 saturated heterocycles. The Hall–Kier alpha value is -1.40. The molecule has 6 heteroatoms. The van der Waals surface area contributed by atoms with Crippen LogP contribution in [0.2, 0.25) is 0 Å². The second-order valence-electron chi connectivity index (χ2n) is 4.79. The molecule has 19 heavy (non-hydrogen) atoms. The van der Waals surface area contributed by atoms with Gasteiger partial charge in [0.15, 0.2) is 0 Å². The van der Waals surface area contributed by atoms with Crippen molar-refractivity contribution in [3.8, 4) is 0 Å². The van der Waals surface area contributed by atoms with E-state index in [2.05, 4.69) is 0 Å². The van der Waals surface area contributed by atoms with Crippen molar-refractivity contribution in [3.05, 3.63) is 35.9 Å². The minimum atomic E-state index is -3.94. The number of carbonyl (C=O) groups is 1. The maximum absolute atomic E-state index is 11.8. The highest BCUT2D eigenvalue weighted by atomic mass is 32.2. The van der Waals surface area contributed by atoms with Crippen molar-refractivity contribution >= 4 is 16.0 Å². The Labute approximate surface area is 113 Å². The minimum Gasteiger partial charge on any atom is -0.342 e. The third-order valence-electron chi connectivity index (χ3n) is 3.32. The first kappa shape index (κ1) is 14.0. The molecule has 1 amide bonds. The molecule has 1 unspecified atom stereocenters. The third-order valence-corrected chi connectivity index (χ3v) is 4.12. The number of amides is 1. The SMILES string of the molecule is O=C1CC(c2ccccc2)CN1CCCS(=O)(=O)O. The summed E-state index contributed by atoms with van der Waals surface area (Å²) in [7, 11) is -3.94. The summed E-state index contributed by atoms with van der Waals surface area (Å²) < 4.78 is 29.9. The van der Waals surface area contributed by atoms with Crippen LogP contribution in [0, 0.1) is 0 Å². The van der Waals surface area contributed by atoms with E-state index < -0.39 is 10.1 Å². The lowest BCUT2D eigenvalue weighted by Gasteiger charge is -2.16. The van der Waals surface area contributed by atoms with Crippen molar-refractivity contribution in [1.82, 2.24) is 4.90 Å². The van der Waals surface area contributed by atoms with Gasteiger partial charge in [-0.25, -0.2) is 0 Å². The van der Waals surface area contributed by atoms with E-state index >= 15 is 0 Å². The van der Waals surface area contributed by atoms with Gasteiger partial charge in [0.1, 0.15) is 0 Å². The zero-order valence-electron chi connectivity index (χ0n) is 10.5. The van der Waals surface area contributed by atoms with Crippen molar-refractivity contribution in [2.45, 2.75) is 18.8 Å². The standard InChI is InChI=1S/C13H17NO4S/c15-13-9-12(11-5-2-1-3-6-11)10-14(13)7-4-8-19(16,17)18/h1-3,5-6,12H,4,7-10H2,(H,16,17,18). The maximum atomic E-state index is 11.8. The summed E-state index contributed by atoms with van der Waals surface area (Å²) in [5.74, 6) is -0.0732. The zero-order valence-corrected chi connectivity index (χ0v) is 11.3. The Balaban J connectivity index is 1.90. The number of benzene rings is 1. The van der Waals surface area contributed by atoms with Crippen LogP contribution in [-0.2, 0) is 14.9 Å². The number of likely N-dealkylation sites (tertiary alicyclic amines) is 1. The Bertz CT molecular complexity index is 541. The first-order valence-corrected chi connectivity index (χ1v) is 7.84. The molecule has 5 nitrogen and oxygen atoms in total. The maximum Gasteiger partial charge on any atom is 0.264 e. The van der Waals surface area contributed by atoms with Gasteiger partial charge in [-0.2, -0.15) is 8.42 Å². The van der Waals surface area contributed by atoms with E-state index in [-0.39, 0.29) is 24.0 Å². The summed E-state index contributed by atoms with van der Waals surface area (Å²) in [6, 6.07) is 9.82. The molecule has 1 aliphatic rings. The van der Waals surface area contributed by atoms with Gasteiger partial charge in [0.05, 0.1) is 5.75 Å². The molecule has 0 aromatic heterocycles. The molecule has 1 aliphatic heterocycles. The second-order valence-corrected chi connectivity index (χ2v) is 6.36. The molecule has 0 saturated carbocycles. The molecular weight excluding hydrogens is 266 g/mol. The van der Waals surface area contributed by atoms with Gasteiger partial charge in [-0.3, -0.25) is 9.35 Å². The average molecular weight is 283 g/mol. The fourth-order valence-corrected chi connectivity index (χ4v) is 2.87. The van der Waals surface area contributed by atoms with Crippen molar-refractivity contribution in [1.29, 1.82) is 0 Å². The van der Waals surface area contributed by atoms with Crippen LogP contribution in [0.15, 0.2) is 30.3 Å². The van der Waals surface area contributed by atoms with Gasteiger partial charge in [-0.1, -0.05) is 30.3 Å². The lowest BCUT2D eigenvalue weighted by atomic mass is 9.99. The molecule has 1 fully saturated rings. The van der Waals surface area contributed by atoms with E-state index in [0.717, 1.165) is 5.56 Å². The highest BCUT2D eigenvalue weighted by molar-refractivity contribution is 7.85. The largest absolute Gasteiger partial charge is 0.342 e. The number of carbonyl (C=O) groups excluding carboxylic acids is 1. The van der Waals surface area contributed by atoms with Gasteiger partial charge >= 0.3 is 0 Å². The van der Waals surface area contributed by atoms with Gasteiger partial charge < -0.3 is 4.90 Å². The van der Waals surface area contributed by atoms with E-state index in [0.29, 0.717) is 19.5 Å². The molecule has 1 aromatic carbocycles. The van der Waals surface area contributed by atoms with E-state index in [1.54, 1.807) is 4.90 Å². The van der Waals surface area contributed by atoms with Crippen LogP contribution in [0.25, 0.3) is 0 Å². The molecule has 1 N–H and O–H groups in total. The highest BCUT2D eigenvalue weighted by Gasteiger charge is 2.30. The Morgan fingerprint density at radius 1 is 1.26 bits per heavy atom. The van der Waals surface area contributed by atoms with Crippen molar-refractivity contribution in [3.63, 3.8) is 0 Å². The summed E-state index contributed by atoms with van der Waals surface area (Å²) in [5, 5.41) is 0. The Morgan fingerprint density at radius 2 is 1.95 bits per heavy atom. The number of rotatable bonds is 5. The van der Waals surface area contributed by atoms with Gasteiger partial charge in [0.25, 0.3) is 10.1 Å². The van der Waals surface area contributed by atoms with Crippen LogP contribution in [0.4, 0.5) is 0 Å². The summed E-state index contributed by atoms with van der Waals surface area (Å²) >= 11 is 0. The quantitative estimate of drug-likeness (QED) is 0.826. The molecule has 1 heterocycles. The monoisotopic (exact) mass is 283 g/mol. The zero-order chi connectivity index (χ0) is 13.9. The summed E-state index contributed by atoms with van der Waals surface area (Å²) in [4.78, 5) is 13.5. The van der Waals surface area contributed by atoms with E-state index in [1.807, 2.05) is 30.3 Å². The molecule has 0 spiro atoms. The molecule has 1 atom stereocenters. The lowest BCUT2D eigenvalue weighted by molar-refractivity contribution is -0.127. The van der Waals surface area contributed by atoms with Crippen LogP contribution < -0.4 is 0 Å². The second kappa shape index (κ2) is 5.71. The van der Waals surface area contributed by atoms with E-state index in [9.17, 15) is 13.2 Å². The van der Waals surface area contributed by atoms with Gasteiger partial charge in [-0.15, -0.1) is 0 Å². The minimum absolute atomic E-state index is 0.0455. The molecule has 0 aliphatic carbocycles. The van der Waals surface area contributed by atoms with Gasteiger partial charge in [-0.05, 0) is 12.0 Å². The predicted octanol–water partition coefficient (Wildman–Crippen LogP) is 1.28. The average Bonchev–Trinajstić information content (AvgIpc) is 2.71. The van der Waals surface area contributed by atoms with Crippen LogP contribution in [-0.4, -0.2) is 42.6 Å². The van der Waals surface area contributed by atoms with Crippen LogP contribution >= 0.6 is 0 Å². The first-order valence-electron chi connectivity index (χ1n) is 6.23. The van der Waals surface area contributed by atoms with Crippen molar-refractivity contribution in [2.75, 3.05) is 18.8 Å². The molecule has 104 valence electrons. The number of nitrogens with zero attached hydrogens (tertiary/aromatic N) is 1. The molecule has 2 rings (SSSR count). The number of hydrogen-bond acceptors (Lipinski definition) is 3. The topological polar surface area (TPSA) is 74.7 Å². The van der Waals surface area contributed by atoms with Crippen molar-refractivity contribution in [2.24, 2.45) is 0 Å². The predicted molar refractivity (Wildman–Crippen MR) is 71.4 cm³/mol. The van der Waals surface area contributed by atoms with Gasteiger partial charge in [0, 0.05) is 25.4 Å². The van der Waals surface area contributed by atoms with Crippen LogP contribution in [0.1, 0.15) is 24.3 Å². The van der Waals surface area contributed by atoms with Crippen LogP contribution in [0.5, 0.6) is 0 Å². The fraction of sp³-hybridized carbons (Fsp3) is 0.462.